The van der Waals surface area contributed by atoms with E-state index in [0.717, 1.165) is 5.69 Å². The minimum absolute atomic E-state index is 0.326. The summed E-state index contributed by atoms with van der Waals surface area (Å²) >= 11 is 0. The van der Waals surface area contributed by atoms with Crippen LogP contribution in [0.25, 0.3) is 0 Å². The first-order chi connectivity index (χ1) is 5.33. The number of carbonyl (C=O) groups is 1. The molecule has 1 rings (SSSR count). The van der Waals surface area contributed by atoms with Crippen LogP contribution in [0.4, 0.5) is 0 Å². The Hall–Kier alpha value is -1.32. The molecule has 0 aliphatic heterocycles. The smallest absolute Gasteiger partial charge is 0.309 e. The number of H-pyrrole nitrogens is 1. The molecule has 0 aromatic carbocycles. The third-order valence-corrected chi connectivity index (χ3v) is 1.23. The molecule has 0 atom stereocenters. The fourth-order valence-electron chi connectivity index (χ4n) is 0.674. The first kappa shape index (κ1) is 7.78. The van der Waals surface area contributed by atoms with Crippen molar-refractivity contribution in [2.45, 2.75) is 6.42 Å². The second-order valence-corrected chi connectivity index (χ2v) is 1.99. The number of hydrogen-bond donors (Lipinski definition) is 1. The summed E-state index contributed by atoms with van der Waals surface area (Å²) in [5, 5.41) is 0. The molecule has 0 unspecified atom stereocenters. The van der Waals surface area contributed by atoms with E-state index in [9.17, 15) is 4.79 Å². The summed E-state index contributed by atoms with van der Waals surface area (Å²) in [5.74, 6) is -0.326. The Labute approximate surface area is 64.6 Å². The minimum Gasteiger partial charge on any atom is -0.469 e. The van der Waals surface area contributed by atoms with Gasteiger partial charge in [-0.15, -0.1) is 0 Å². The van der Waals surface area contributed by atoms with Crippen molar-refractivity contribution >= 4 is 5.97 Å². The van der Waals surface area contributed by atoms with Gasteiger partial charge in [0.05, 0.1) is 25.6 Å². The molecule has 59 valence electrons. The SMILES string of the molecule is COC(=O)[CH]Cc1c[nH]cn1. The Morgan fingerprint density at radius 3 is 3.27 bits per heavy atom. The van der Waals surface area contributed by atoms with Crippen LogP contribution < -0.4 is 0 Å². The van der Waals surface area contributed by atoms with Crippen molar-refractivity contribution < 1.29 is 9.53 Å². The van der Waals surface area contributed by atoms with Crippen molar-refractivity contribution in [3.05, 3.63) is 24.6 Å². The van der Waals surface area contributed by atoms with Crippen LogP contribution in [0.2, 0.25) is 0 Å². The summed E-state index contributed by atoms with van der Waals surface area (Å²) < 4.78 is 4.42. The molecule has 0 saturated carbocycles. The van der Waals surface area contributed by atoms with E-state index in [0.29, 0.717) is 6.42 Å². The first-order valence-electron chi connectivity index (χ1n) is 3.21. The summed E-state index contributed by atoms with van der Waals surface area (Å²) in [6.07, 6.45) is 5.26. The maximum atomic E-state index is 10.6. The van der Waals surface area contributed by atoms with Crippen molar-refractivity contribution in [2.75, 3.05) is 7.11 Å². The largest absolute Gasteiger partial charge is 0.469 e. The molecular weight excluding hydrogens is 144 g/mol. The van der Waals surface area contributed by atoms with E-state index < -0.39 is 0 Å². The average molecular weight is 153 g/mol. The molecule has 1 heterocycles. The fraction of sp³-hybridized carbons (Fsp3) is 0.286. The second-order valence-electron chi connectivity index (χ2n) is 1.99. The average Bonchev–Trinajstić information content (AvgIpc) is 2.52. The van der Waals surface area contributed by atoms with Crippen LogP contribution in [0.5, 0.6) is 0 Å². The zero-order chi connectivity index (χ0) is 8.10. The van der Waals surface area contributed by atoms with Gasteiger partial charge in [-0.3, -0.25) is 4.79 Å². The third kappa shape index (κ3) is 2.41. The molecule has 1 aromatic heterocycles. The quantitative estimate of drug-likeness (QED) is 0.636. The van der Waals surface area contributed by atoms with Crippen molar-refractivity contribution in [2.24, 2.45) is 0 Å². The Kier molecular flexibility index (Phi) is 2.66. The standard InChI is InChI=1S/C7H9N2O2/c1-11-7(10)3-2-6-4-8-5-9-6/h3-5H,2H2,1H3,(H,8,9). The number of methoxy groups -OCH3 is 1. The molecule has 1 radical (unpaired) electrons. The first-order valence-corrected chi connectivity index (χ1v) is 3.21. The Bertz CT molecular complexity index is 218. The number of esters is 1. The molecule has 0 amide bonds. The molecule has 4 nitrogen and oxygen atoms in total. The number of aromatic amines is 1. The molecule has 11 heavy (non-hydrogen) atoms. The van der Waals surface area contributed by atoms with Gasteiger partial charge in [-0.1, -0.05) is 0 Å². The number of carbonyl (C=O) groups excluding carboxylic acids is 1. The number of nitrogens with one attached hydrogen (secondary N) is 1. The molecule has 0 spiro atoms. The van der Waals surface area contributed by atoms with Gasteiger partial charge in [0.25, 0.3) is 0 Å². The van der Waals surface area contributed by atoms with E-state index in [-0.39, 0.29) is 5.97 Å². The molecule has 0 fully saturated rings. The van der Waals surface area contributed by atoms with Crippen LogP contribution in [0.1, 0.15) is 5.69 Å². The highest BCUT2D eigenvalue weighted by atomic mass is 16.5. The number of imidazole rings is 1. The summed E-state index contributed by atoms with van der Waals surface area (Å²) in [5.41, 5.74) is 0.829. The van der Waals surface area contributed by atoms with Crippen molar-refractivity contribution in [1.82, 2.24) is 9.97 Å². The van der Waals surface area contributed by atoms with Crippen LogP contribution in [0, 0.1) is 6.42 Å². The third-order valence-electron chi connectivity index (χ3n) is 1.23. The van der Waals surface area contributed by atoms with Crippen molar-refractivity contribution in [3.63, 3.8) is 0 Å². The molecule has 1 N–H and O–H groups in total. The predicted molar refractivity (Wildman–Crippen MR) is 38.6 cm³/mol. The highest BCUT2D eigenvalue weighted by molar-refractivity contribution is 5.78. The van der Waals surface area contributed by atoms with Gasteiger partial charge in [0, 0.05) is 12.6 Å². The minimum atomic E-state index is -0.326. The normalized spacial score (nSPS) is 9.55. The molecule has 0 aliphatic carbocycles. The van der Waals surface area contributed by atoms with E-state index >= 15 is 0 Å². The molecule has 0 saturated heterocycles. The zero-order valence-electron chi connectivity index (χ0n) is 6.20. The lowest BCUT2D eigenvalue weighted by atomic mass is 10.2. The van der Waals surface area contributed by atoms with Gasteiger partial charge in [0.15, 0.2) is 0 Å². The Balaban J connectivity index is 2.29. The van der Waals surface area contributed by atoms with Crippen molar-refractivity contribution in [1.29, 1.82) is 0 Å². The summed E-state index contributed by atoms with van der Waals surface area (Å²) in [7, 11) is 1.35. The highest BCUT2D eigenvalue weighted by Crippen LogP contribution is 1.96. The van der Waals surface area contributed by atoms with Gasteiger partial charge >= 0.3 is 5.97 Å². The maximum absolute atomic E-state index is 10.6. The Morgan fingerprint density at radius 1 is 1.91 bits per heavy atom. The number of nitrogens with zero attached hydrogens (tertiary/aromatic N) is 1. The lowest BCUT2D eigenvalue weighted by molar-refractivity contribution is -0.136. The molecule has 0 aliphatic rings. The van der Waals surface area contributed by atoms with Crippen LogP contribution in [-0.4, -0.2) is 23.0 Å². The van der Waals surface area contributed by atoms with Crippen LogP contribution in [-0.2, 0) is 16.0 Å². The monoisotopic (exact) mass is 153 g/mol. The lowest BCUT2D eigenvalue weighted by Crippen LogP contribution is -2.02. The van der Waals surface area contributed by atoms with Crippen LogP contribution in [0.15, 0.2) is 12.5 Å². The molecule has 1 aromatic rings. The lowest BCUT2D eigenvalue weighted by Gasteiger charge is -1.94. The number of hydrogen-bond acceptors (Lipinski definition) is 3. The predicted octanol–water partition coefficient (Wildman–Crippen LogP) is 0.329. The fourth-order valence-corrected chi connectivity index (χ4v) is 0.674. The molecule has 4 heteroatoms. The van der Waals surface area contributed by atoms with E-state index in [1.165, 1.54) is 13.5 Å². The van der Waals surface area contributed by atoms with Crippen LogP contribution in [0.3, 0.4) is 0 Å². The van der Waals surface area contributed by atoms with E-state index in [2.05, 4.69) is 14.7 Å². The maximum Gasteiger partial charge on any atom is 0.309 e. The molecular formula is C7H9N2O2. The Morgan fingerprint density at radius 2 is 2.73 bits per heavy atom. The van der Waals surface area contributed by atoms with E-state index in [1.54, 1.807) is 12.5 Å². The number of ether oxygens (including phenoxy) is 1. The summed E-state index contributed by atoms with van der Waals surface area (Å²) in [6, 6.07) is 0. The number of aromatic nitrogens is 2. The zero-order valence-corrected chi connectivity index (χ0v) is 6.20. The highest BCUT2D eigenvalue weighted by Gasteiger charge is 2.01. The van der Waals surface area contributed by atoms with E-state index in [1.807, 2.05) is 0 Å². The van der Waals surface area contributed by atoms with Gasteiger partial charge in [0.1, 0.15) is 0 Å². The second kappa shape index (κ2) is 3.75. The van der Waals surface area contributed by atoms with Gasteiger partial charge in [-0.25, -0.2) is 4.98 Å². The van der Waals surface area contributed by atoms with Gasteiger partial charge in [0.2, 0.25) is 0 Å². The number of rotatable bonds is 3. The van der Waals surface area contributed by atoms with Gasteiger partial charge < -0.3 is 9.72 Å². The van der Waals surface area contributed by atoms with E-state index in [4.69, 9.17) is 0 Å². The topological polar surface area (TPSA) is 55.0 Å². The summed E-state index contributed by atoms with van der Waals surface area (Å²) in [4.78, 5) is 17.3. The van der Waals surface area contributed by atoms with Crippen molar-refractivity contribution in [3.8, 4) is 0 Å². The van der Waals surface area contributed by atoms with Gasteiger partial charge in [-0.05, 0) is 0 Å². The molecule has 0 bridgehead atoms. The summed E-state index contributed by atoms with van der Waals surface area (Å²) in [6.45, 7) is 0. The van der Waals surface area contributed by atoms with Crippen LogP contribution >= 0.6 is 0 Å². The van der Waals surface area contributed by atoms with Gasteiger partial charge in [-0.2, -0.15) is 0 Å².